The number of nitrogens with zero attached hydrogens (tertiary/aromatic N) is 4. The first-order chi connectivity index (χ1) is 9.74. The van der Waals surface area contributed by atoms with Crippen LogP contribution >= 0.6 is 22.9 Å². The Hall–Kier alpha value is -1.92. The Bertz CT molecular complexity index is 707. The van der Waals surface area contributed by atoms with Gasteiger partial charge in [0.1, 0.15) is 18.3 Å². The van der Waals surface area contributed by atoms with Crippen LogP contribution in [0.25, 0.3) is 5.69 Å². The molecule has 20 heavy (non-hydrogen) atoms. The zero-order valence-electron chi connectivity index (χ0n) is 10.7. The third kappa shape index (κ3) is 2.66. The first-order valence-corrected chi connectivity index (χ1v) is 7.22. The van der Waals surface area contributed by atoms with Crippen molar-refractivity contribution in [2.24, 2.45) is 0 Å². The highest BCUT2D eigenvalue weighted by Crippen LogP contribution is 2.28. The molecule has 7 heteroatoms. The summed E-state index contributed by atoms with van der Waals surface area (Å²) in [5.41, 5.74) is 1.71. The second-order valence-electron chi connectivity index (χ2n) is 4.18. The zero-order valence-corrected chi connectivity index (χ0v) is 12.3. The van der Waals surface area contributed by atoms with Gasteiger partial charge in [0.25, 0.3) is 0 Å². The van der Waals surface area contributed by atoms with Crippen LogP contribution < -0.4 is 5.32 Å². The quantitative estimate of drug-likeness (QED) is 0.803. The molecule has 3 rings (SSSR count). The summed E-state index contributed by atoms with van der Waals surface area (Å²) < 4.78 is 1.66. The van der Waals surface area contributed by atoms with Crippen molar-refractivity contribution in [3.8, 4) is 5.69 Å². The molecule has 1 N–H and O–H groups in total. The Labute approximate surface area is 125 Å². The van der Waals surface area contributed by atoms with Gasteiger partial charge in [-0.25, -0.2) is 14.6 Å². The maximum atomic E-state index is 6.27. The van der Waals surface area contributed by atoms with Gasteiger partial charge in [0, 0.05) is 11.1 Å². The Morgan fingerprint density at radius 2 is 2.30 bits per heavy atom. The number of halogens is 1. The van der Waals surface area contributed by atoms with Gasteiger partial charge in [0.2, 0.25) is 0 Å². The number of rotatable bonds is 4. The van der Waals surface area contributed by atoms with E-state index in [0.29, 0.717) is 11.6 Å². The number of aromatic nitrogens is 4. The molecule has 0 aliphatic rings. The molecule has 0 aliphatic heterocycles. The first-order valence-electron chi connectivity index (χ1n) is 6.03. The second kappa shape index (κ2) is 5.60. The summed E-state index contributed by atoms with van der Waals surface area (Å²) in [5, 5.41) is 9.19. The molecule has 0 saturated carbocycles. The number of nitrogens with one attached hydrogen (secondary N) is 1. The third-order valence-electron chi connectivity index (χ3n) is 2.76. The van der Waals surface area contributed by atoms with Crippen molar-refractivity contribution in [1.29, 1.82) is 0 Å². The van der Waals surface area contributed by atoms with Crippen molar-refractivity contribution >= 4 is 28.6 Å². The highest BCUT2D eigenvalue weighted by Gasteiger charge is 2.10. The van der Waals surface area contributed by atoms with Crippen LogP contribution in [-0.4, -0.2) is 19.7 Å². The van der Waals surface area contributed by atoms with Crippen molar-refractivity contribution in [3.63, 3.8) is 0 Å². The van der Waals surface area contributed by atoms with E-state index in [-0.39, 0.29) is 0 Å². The highest BCUT2D eigenvalue weighted by molar-refractivity contribution is 7.11. The molecule has 0 atom stereocenters. The minimum Gasteiger partial charge on any atom is -0.378 e. The van der Waals surface area contributed by atoms with Crippen molar-refractivity contribution in [1.82, 2.24) is 19.7 Å². The first kappa shape index (κ1) is 13.1. The number of hydrogen-bond acceptors (Lipinski definition) is 5. The van der Waals surface area contributed by atoms with Crippen molar-refractivity contribution in [2.75, 3.05) is 5.32 Å². The van der Waals surface area contributed by atoms with Gasteiger partial charge < -0.3 is 5.32 Å². The van der Waals surface area contributed by atoms with Crippen LogP contribution in [0.1, 0.15) is 9.88 Å². The minimum absolute atomic E-state index is 0.626. The molecule has 1 aromatic carbocycles. The minimum atomic E-state index is 0.626. The summed E-state index contributed by atoms with van der Waals surface area (Å²) >= 11 is 7.94. The van der Waals surface area contributed by atoms with Gasteiger partial charge in [-0.3, -0.25) is 0 Å². The Balaban J connectivity index is 1.88. The van der Waals surface area contributed by atoms with Gasteiger partial charge >= 0.3 is 0 Å². The predicted molar refractivity (Wildman–Crippen MR) is 80.5 cm³/mol. The molecule has 0 radical (unpaired) electrons. The molecule has 0 bridgehead atoms. The van der Waals surface area contributed by atoms with E-state index < -0.39 is 0 Å². The Morgan fingerprint density at radius 1 is 1.40 bits per heavy atom. The summed E-state index contributed by atoms with van der Waals surface area (Å²) in [6, 6.07) is 5.71. The molecule has 0 amide bonds. The molecule has 0 aliphatic carbocycles. The van der Waals surface area contributed by atoms with Crippen molar-refractivity contribution in [3.05, 3.63) is 52.0 Å². The maximum absolute atomic E-state index is 6.27. The van der Waals surface area contributed by atoms with E-state index in [2.05, 4.69) is 20.4 Å². The molecule has 0 unspecified atom stereocenters. The van der Waals surface area contributed by atoms with Crippen LogP contribution in [0.2, 0.25) is 5.02 Å². The lowest BCUT2D eigenvalue weighted by atomic mass is 10.2. The van der Waals surface area contributed by atoms with Gasteiger partial charge in [-0.05, 0) is 19.1 Å². The normalized spacial score (nSPS) is 10.7. The molecular formula is C13H12ClN5S. The third-order valence-corrected chi connectivity index (χ3v) is 3.97. The fourth-order valence-corrected chi connectivity index (χ4v) is 2.88. The van der Waals surface area contributed by atoms with E-state index >= 15 is 0 Å². The Kier molecular flexibility index (Phi) is 3.66. The van der Waals surface area contributed by atoms with E-state index in [1.807, 2.05) is 31.3 Å². The van der Waals surface area contributed by atoms with Gasteiger partial charge in [0.15, 0.2) is 0 Å². The van der Waals surface area contributed by atoms with E-state index in [1.165, 1.54) is 11.2 Å². The van der Waals surface area contributed by atoms with Gasteiger partial charge in [0.05, 0.1) is 22.3 Å². The Morgan fingerprint density at radius 3 is 3.00 bits per heavy atom. The maximum Gasteiger partial charge on any atom is 0.138 e. The molecule has 2 heterocycles. The lowest BCUT2D eigenvalue weighted by molar-refractivity contribution is 0.878. The van der Waals surface area contributed by atoms with Crippen molar-refractivity contribution in [2.45, 2.75) is 13.5 Å². The van der Waals surface area contributed by atoms with Crippen LogP contribution in [0.3, 0.4) is 0 Å². The van der Waals surface area contributed by atoms with Crippen LogP contribution in [-0.2, 0) is 6.54 Å². The van der Waals surface area contributed by atoms with Gasteiger partial charge in [-0.2, -0.15) is 5.10 Å². The standard InChI is InChI=1S/C13H12ClN5S/c1-9-16-5-10(20-9)6-17-12-4-2-3-11(14)13(12)19-8-15-7-18-19/h2-5,7-8,17H,6H2,1H3. The summed E-state index contributed by atoms with van der Waals surface area (Å²) in [6.45, 7) is 2.70. The van der Waals surface area contributed by atoms with E-state index in [4.69, 9.17) is 11.6 Å². The summed E-state index contributed by atoms with van der Waals surface area (Å²) in [5.74, 6) is 0. The fraction of sp³-hybridized carbons (Fsp3) is 0.154. The highest BCUT2D eigenvalue weighted by atomic mass is 35.5. The molecule has 5 nitrogen and oxygen atoms in total. The summed E-state index contributed by atoms with van der Waals surface area (Å²) in [6.07, 6.45) is 5.00. The van der Waals surface area contributed by atoms with E-state index in [9.17, 15) is 0 Å². The SMILES string of the molecule is Cc1ncc(CNc2cccc(Cl)c2-n2cncn2)s1. The van der Waals surface area contributed by atoms with Crippen LogP contribution in [0, 0.1) is 6.92 Å². The molecule has 3 aromatic rings. The number of thiazole rings is 1. The van der Waals surface area contributed by atoms with Gasteiger partial charge in [-0.1, -0.05) is 17.7 Å². The number of benzene rings is 1. The average Bonchev–Trinajstić information content (AvgIpc) is 3.08. The summed E-state index contributed by atoms with van der Waals surface area (Å²) in [4.78, 5) is 9.38. The topological polar surface area (TPSA) is 55.6 Å². The zero-order chi connectivity index (χ0) is 13.9. The van der Waals surface area contributed by atoms with E-state index in [1.54, 1.807) is 22.3 Å². The lowest BCUT2D eigenvalue weighted by Crippen LogP contribution is -2.04. The van der Waals surface area contributed by atoms with Crippen LogP contribution in [0.4, 0.5) is 5.69 Å². The summed E-state index contributed by atoms with van der Waals surface area (Å²) in [7, 11) is 0. The molecule has 102 valence electrons. The molecule has 0 fully saturated rings. The van der Waals surface area contributed by atoms with Crippen LogP contribution in [0.5, 0.6) is 0 Å². The molecule has 0 saturated heterocycles. The molecular weight excluding hydrogens is 294 g/mol. The predicted octanol–water partition coefficient (Wildman–Crippen LogP) is 3.30. The van der Waals surface area contributed by atoms with E-state index in [0.717, 1.165) is 16.4 Å². The van der Waals surface area contributed by atoms with Crippen LogP contribution in [0.15, 0.2) is 37.1 Å². The molecule has 2 aromatic heterocycles. The number of hydrogen-bond donors (Lipinski definition) is 1. The number of aryl methyl sites for hydroxylation is 1. The van der Waals surface area contributed by atoms with Crippen molar-refractivity contribution < 1.29 is 0 Å². The number of para-hydroxylation sites is 1. The average molecular weight is 306 g/mol. The lowest BCUT2D eigenvalue weighted by Gasteiger charge is -2.12. The second-order valence-corrected chi connectivity index (χ2v) is 5.90. The fourth-order valence-electron chi connectivity index (χ4n) is 1.88. The molecule has 0 spiro atoms. The largest absolute Gasteiger partial charge is 0.378 e. The number of anilines is 1. The smallest absolute Gasteiger partial charge is 0.138 e. The van der Waals surface area contributed by atoms with Gasteiger partial charge in [-0.15, -0.1) is 11.3 Å². The monoisotopic (exact) mass is 305 g/mol.